The molecule has 1 aromatic rings. The second-order valence-corrected chi connectivity index (χ2v) is 6.08. The second-order valence-electron chi connectivity index (χ2n) is 6.08. The number of carboxylic acid groups (broad SMARTS) is 1. The van der Waals surface area contributed by atoms with Crippen molar-refractivity contribution in [2.45, 2.75) is 44.7 Å². The molecule has 2 atom stereocenters. The molecule has 1 aromatic carbocycles. The van der Waals surface area contributed by atoms with E-state index in [0.717, 1.165) is 24.8 Å². The van der Waals surface area contributed by atoms with Crippen LogP contribution in [0.2, 0.25) is 0 Å². The fraction of sp³-hybridized carbons (Fsp3) is 0.471. The van der Waals surface area contributed by atoms with Crippen LogP contribution in [0.3, 0.4) is 0 Å². The molecule has 0 aliphatic heterocycles. The Balaban J connectivity index is 1.99. The van der Waals surface area contributed by atoms with Crippen molar-refractivity contribution in [3.8, 4) is 0 Å². The van der Waals surface area contributed by atoms with Crippen LogP contribution >= 0.6 is 0 Å². The van der Waals surface area contributed by atoms with E-state index >= 15 is 0 Å². The van der Waals surface area contributed by atoms with Crippen molar-refractivity contribution < 1.29 is 19.5 Å². The molecule has 130 valence electrons. The van der Waals surface area contributed by atoms with E-state index in [1.165, 1.54) is 0 Å². The molecule has 0 radical (unpaired) electrons. The summed E-state index contributed by atoms with van der Waals surface area (Å²) in [6, 6.07) is 5.82. The van der Waals surface area contributed by atoms with Gasteiger partial charge in [0.25, 0.3) is 5.91 Å². The highest BCUT2D eigenvalue weighted by atomic mass is 16.4. The molecule has 0 unspecified atom stereocenters. The number of nitrogens with two attached hydrogens (primary N) is 1. The Bertz CT molecular complexity index is 600. The van der Waals surface area contributed by atoms with Gasteiger partial charge in [0.1, 0.15) is 0 Å². The Morgan fingerprint density at radius 2 is 1.75 bits per heavy atom. The first-order valence-electron chi connectivity index (χ1n) is 8.13. The zero-order valence-corrected chi connectivity index (χ0v) is 13.5. The minimum atomic E-state index is -0.852. The van der Waals surface area contributed by atoms with E-state index in [-0.39, 0.29) is 11.9 Å². The largest absolute Gasteiger partial charge is 0.481 e. The molecule has 5 N–H and O–H groups in total. The number of urea groups is 1. The number of carbonyl (C=O) groups is 3. The molecule has 3 amide bonds. The Morgan fingerprint density at radius 3 is 2.38 bits per heavy atom. The zero-order valence-electron chi connectivity index (χ0n) is 13.5. The minimum absolute atomic E-state index is 0.275. The molecular weight excluding hydrogens is 310 g/mol. The molecule has 0 saturated heterocycles. The fourth-order valence-corrected chi connectivity index (χ4v) is 2.99. The number of hydrogen-bond acceptors (Lipinski definition) is 3. The molecule has 0 spiro atoms. The van der Waals surface area contributed by atoms with Gasteiger partial charge in [0.15, 0.2) is 0 Å². The highest BCUT2D eigenvalue weighted by Gasteiger charge is 2.30. The van der Waals surface area contributed by atoms with E-state index < -0.39 is 17.9 Å². The van der Waals surface area contributed by atoms with Gasteiger partial charge in [-0.3, -0.25) is 9.59 Å². The van der Waals surface area contributed by atoms with E-state index in [2.05, 4.69) is 10.6 Å². The van der Waals surface area contributed by atoms with Gasteiger partial charge in [0.2, 0.25) is 0 Å². The van der Waals surface area contributed by atoms with Crippen molar-refractivity contribution in [2.75, 3.05) is 0 Å². The summed E-state index contributed by atoms with van der Waals surface area (Å²) >= 11 is 0. The van der Waals surface area contributed by atoms with Gasteiger partial charge in [-0.2, -0.15) is 0 Å². The van der Waals surface area contributed by atoms with Crippen LogP contribution in [0.5, 0.6) is 0 Å². The number of aliphatic carboxylic acids is 1. The topological polar surface area (TPSA) is 122 Å². The van der Waals surface area contributed by atoms with Gasteiger partial charge in [-0.05, 0) is 30.5 Å². The van der Waals surface area contributed by atoms with E-state index in [0.29, 0.717) is 24.9 Å². The average Bonchev–Trinajstić information content (AvgIpc) is 2.79. The van der Waals surface area contributed by atoms with E-state index in [1.807, 2.05) is 0 Å². The normalized spacial score (nSPS) is 20.7. The summed E-state index contributed by atoms with van der Waals surface area (Å²) in [5.41, 5.74) is 6.30. The number of carboxylic acids is 1. The zero-order chi connectivity index (χ0) is 17.5. The number of hydrogen-bond donors (Lipinski definition) is 4. The highest BCUT2D eigenvalue weighted by Crippen LogP contribution is 2.24. The summed E-state index contributed by atoms with van der Waals surface area (Å²) in [5, 5.41) is 14.7. The summed E-state index contributed by atoms with van der Waals surface area (Å²) in [4.78, 5) is 34.5. The van der Waals surface area contributed by atoms with Gasteiger partial charge in [-0.25, -0.2) is 4.79 Å². The molecule has 1 fully saturated rings. The number of primary amides is 1. The number of nitrogens with one attached hydrogen (secondary N) is 2. The van der Waals surface area contributed by atoms with Crippen molar-refractivity contribution in [3.05, 3.63) is 35.4 Å². The second kappa shape index (κ2) is 8.33. The maximum absolute atomic E-state index is 12.4. The lowest BCUT2D eigenvalue weighted by molar-refractivity contribution is -0.142. The molecule has 1 aliphatic carbocycles. The first-order valence-corrected chi connectivity index (χ1v) is 8.13. The number of carbonyl (C=O) groups excluding carboxylic acids is 2. The quantitative estimate of drug-likeness (QED) is 0.612. The molecule has 0 heterocycles. The highest BCUT2D eigenvalue weighted by molar-refractivity contribution is 5.94. The van der Waals surface area contributed by atoms with Crippen LogP contribution in [0, 0.1) is 5.92 Å². The van der Waals surface area contributed by atoms with Gasteiger partial charge in [0, 0.05) is 18.2 Å². The van der Waals surface area contributed by atoms with Crippen LogP contribution in [0.4, 0.5) is 4.79 Å². The smallest absolute Gasteiger partial charge is 0.312 e. The van der Waals surface area contributed by atoms with Crippen molar-refractivity contribution >= 4 is 17.9 Å². The van der Waals surface area contributed by atoms with Crippen LogP contribution in [-0.2, 0) is 11.3 Å². The summed E-state index contributed by atoms with van der Waals surface area (Å²) in [6.45, 7) is 0.293. The maximum atomic E-state index is 12.4. The van der Waals surface area contributed by atoms with Crippen LogP contribution in [0.15, 0.2) is 24.3 Å². The predicted octanol–water partition coefficient (Wildman–Crippen LogP) is 1.62. The molecule has 24 heavy (non-hydrogen) atoms. The molecule has 7 nitrogen and oxygen atoms in total. The van der Waals surface area contributed by atoms with Crippen LogP contribution in [-0.4, -0.2) is 29.1 Å². The summed E-state index contributed by atoms with van der Waals surface area (Å²) < 4.78 is 0. The first kappa shape index (κ1) is 17.8. The van der Waals surface area contributed by atoms with E-state index in [9.17, 15) is 19.5 Å². The summed E-state index contributed by atoms with van der Waals surface area (Å²) in [7, 11) is 0. The van der Waals surface area contributed by atoms with Gasteiger partial charge in [-0.15, -0.1) is 0 Å². The third kappa shape index (κ3) is 4.97. The summed E-state index contributed by atoms with van der Waals surface area (Å²) in [6.07, 6.45) is 4.08. The Hall–Kier alpha value is -2.57. The Kier molecular flexibility index (Phi) is 6.17. The standard InChI is InChI=1S/C17H23N3O4/c18-17(24)19-10-11-6-8-12(9-7-11)15(21)20-14-5-3-1-2-4-13(14)16(22)23/h6-9,13-14H,1-5,10H2,(H,20,21)(H,22,23)(H3,18,19,24)/t13-,14+/m1/s1. The fourth-order valence-electron chi connectivity index (χ4n) is 2.99. The van der Waals surface area contributed by atoms with Crippen molar-refractivity contribution in [1.29, 1.82) is 0 Å². The van der Waals surface area contributed by atoms with E-state index in [1.54, 1.807) is 24.3 Å². The molecule has 1 saturated carbocycles. The molecule has 2 rings (SSSR count). The Labute approximate surface area is 140 Å². The third-order valence-electron chi connectivity index (χ3n) is 4.33. The van der Waals surface area contributed by atoms with Crippen LogP contribution < -0.4 is 16.4 Å². The maximum Gasteiger partial charge on any atom is 0.312 e. The third-order valence-corrected chi connectivity index (χ3v) is 4.33. The van der Waals surface area contributed by atoms with Gasteiger partial charge in [0.05, 0.1) is 5.92 Å². The van der Waals surface area contributed by atoms with E-state index in [4.69, 9.17) is 5.73 Å². The number of amides is 3. The monoisotopic (exact) mass is 333 g/mol. The predicted molar refractivity (Wildman–Crippen MR) is 88.3 cm³/mol. The van der Waals surface area contributed by atoms with Gasteiger partial charge < -0.3 is 21.5 Å². The van der Waals surface area contributed by atoms with Gasteiger partial charge >= 0.3 is 12.0 Å². The van der Waals surface area contributed by atoms with Crippen LogP contribution in [0.1, 0.15) is 48.0 Å². The lowest BCUT2D eigenvalue weighted by Gasteiger charge is -2.23. The molecule has 7 heteroatoms. The first-order chi connectivity index (χ1) is 11.5. The molecule has 1 aliphatic rings. The molecule has 0 bridgehead atoms. The van der Waals surface area contributed by atoms with Crippen molar-refractivity contribution in [3.63, 3.8) is 0 Å². The van der Waals surface area contributed by atoms with Gasteiger partial charge in [-0.1, -0.05) is 31.4 Å². The van der Waals surface area contributed by atoms with Crippen LogP contribution in [0.25, 0.3) is 0 Å². The van der Waals surface area contributed by atoms with Crippen molar-refractivity contribution in [1.82, 2.24) is 10.6 Å². The Morgan fingerprint density at radius 1 is 1.08 bits per heavy atom. The lowest BCUT2D eigenvalue weighted by atomic mass is 9.94. The lowest BCUT2D eigenvalue weighted by Crippen LogP contribution is -2.42. The SMILES string of the molecule is NC(=O)NCc1ccc(C(=O)N[C@H]2CCCCC[C@H]2C(=O)O)cc1. The summed E-state index contributed by atoms with van der Waals surface area (Å²) in [5.74, 6) is -1.66. The number of rotatable bonds is 5. The average molecular weight is 333 g/mol. The van der Waals surface area contributed by atoms with Crippen molar-refractivity contribution in [2.24, 2.45) is 11.7 Å². The molecule has 0 aromatic heterocycles. The molecular formula is C17H23N3O4. The number of benzene rings is 1. The minimum Gasteiger partial charge on any atom is -0.481 e.